The zero-order valence-corrected chi connectivity index (χ0v) is 11.8. The third-order valence-electron chi connectivity index (χ3n) is 2.51. The summed E-state index contributed by atoms with van der Waals surface area (Å²) < 4.78 is 0. The second kappa shape index (κ2) is 8.08. The Morgan fingerprint density at radius 3 is 2.89 bits per heavy atom. The topological polar surface area (TPSA) is 62.8 Å². The molecule has 1 rings (SSSR count). The van der Waals surface area contributed by atoms with E-state index in [-0.39, 0.29) is 11.3 Å². The number of nitrogens with zero attached hydrogens (tertiary/aromatic N) is 1. The molecule has 0 saturated heterocycles. The fraction of sp³-hybridized carbons (Fsp3) is 0.615. The van der Waals surface area contributed by atoms with E-state index in [0.717, 1.165) is 30.7 Å². The van der Waals surface area contributed by atoms with Crippen molar-refractivity contribution in [2.75, 3.05) is 5.75 Å². The largest absolute Gasteiger partial charge is 0.301 e. The zero-order valence-electron chi connectivity index (χ0n) is 11.0. The highest BCUT2D eigenvalue weighted by Gasteiger charge is 2.03. The molecule has 0 aromatic carbocycles. The lowest BCUT2D eigenvalue weighted by molar-refractivity contribution is -0.118. The average Bonchev–Trinajstić information content (AvgIpc) is 2.34. The van der Waals surface area contributed by atoms with Gasteiger partial charge in [-0.3, -0.25) is 9.59 Å². The highest BCUT2D eigenvalue weighted by atomic mass is 32.2. The maximum atomic E-state index is 11.4. The predicted octanol–water partition coefficient (Wildman–Crippen LogP) is 2.57. The molecule has 1 aromatic heterocycles. The molecule has 0 amide bonds. The number of hydrogen-bond donors (Lipinski definition) is 1. The van der Waals surface area contributed by atoms with Crippen molar-refractivity contribution < 1.29 is 4.79 Å². The Labute approximate surface area is 112 Å². The summed E-state index contributed by atoms with van der Waals surface area (Å²) in [5.41, 5.74) is 0.744. The highest BCUT2D eigenvalue weighted by Crippen LogP contribution is 2.14. The Bertz CT molecular complexity index is 443. The number of carbonyl (C=O) groups excluding carboxylic acids is 1. The molecular formula is C13H20N2O2S. The van der Waals surface area contributed by atoms with Crippen molar-refractivity contribution in [1.29, 1.82) is 0 Å². The van der Waals surface area contributed by atoms with Crippen molar-refractivity contribution in [3.05, 3.63) is 22.1 Å². The number of nitrogens with one attached hydrogen (secondary N) is 1. The lowest BCUT2D eigenvalue weighted by Gasteiger charge is -2.03. The molecule has 5 heteroatoms. The van der Waals surface area contributed by atoms with Crippen LogP contribution in [0.3, 0.4) is 0 Å². The minimum Gasteiger partial charge on any atom is -0.301 e. The molecule has 0 bridgehead atoms. The molecule has 0 spiro atoms. The summed E-state index contributed by atoms with van der Waals surface area (Å²) >= 11 is 1.51. The second-order valence-electron chi connectivity index (χ2n) is 4.14. The van der Waals surface area contributed by atoms with Gasteiger partial charge in [0.15, 0.2) is 5.16 Å². The van der Waals surface area contributed by atoms with E-state index >= 15 is 0 Å². The molecule has 0 atom stereocenters. The van der Waals surface area contributed by atoms with Crippen LogP contribution in [0.2, 0.25) is 0 Å². The van der Waals surface area contributed by atoms with Crippen molar-refractivity contribution >= 4 is 17.5 Å². The SMILES string of the molecule is CCCc1cc(=O)[nH]c(SCCCC(=O)CC)n1. The first-order valence-electron chi connectivity index (χ1n) is 6.40. The Morgan fingerprint density at radius 2 is 2.22 bits per heavy atom. The first-order chi connectivity index (χ1) is 8.65. The van der Waals surface area contributed by atoms with Gasteiger partial charge >= 0.3 is 0 Å². The molecule has 0 aliphatic rings. The molecule has 1 N–H and O–H groups in total. The first-order valence-corrected chi connectivity index (χ1v) is 7.39. The quantitative estimate of drug-likeness (QED) is 0.447. The van der Waals surface area contributed by atoms with Crippen LogP contribution < -0.4 is 5.56 Å². The first kappa shape index (κ1) is 15.0. The molecule has 0 unspecified atom stereocenters. The van der Waals surface area contributed by atoms with Crippen molar-refractivity contribution in [2.24, 2.45) is 0 Å². The van der Waals surface area contributed by atoms with Gasteiger partial charge in [-0.05, 0) is 12.8 Å². The van der Waals surface area contributed by atoms with E-state index in [4.69, 9.17) is 0 Å². The average molecular weight is 268 g/mol. The molecule has 1 aromatic rings. The normalized spacial score (nSPS) is 10.6. The molecule has 100 valence electrons. The van der Waals surface area contributed by atoms with E-state index in [1.807, 2.05) is 6.92 Å². The van der Waals surface area contributed by atoms with Crippen LogP contribution in [-0.4, -0.2) is 21.5 Å². The Kier molecular flexibility index (Phi) is 6.72. The maximum absolute atomic E-state index is 11.4. The van der Waals surface area contributed by atoms with Crippen LogP contribution in [0.1, 0.15) is 45.2 Å². The van der Waals surface area contributed by atoms with Gasteiger partial charge in [-0.25, -0.2) is 4.98 Å². The van der Waals surface area contributed by atoms with Crippen LogP contribution in [0, 0.1) is 0 Å². The highest BCUT2D eigenvalue weighted by molar-refractivity contribution is 7.99. The summed E-state index contributed by atoms with van der Waals surface area (Å²) in [7, 11) is 0. The minimum absolute atomic E-state index is 0.0967. The molecule has 0 radical (unpaired) electrons. The van der Waals surface area contributed by atoms with E-state index in [9.17, 15) is 9.59 Å². The summed E-state index contributed by atoms with van der Waals surface area (Å²) in [6, 6.07) is 1.55. The van der Waals surface area contributed by atoms with Crippen molar-refractivity contribution in [1.82, 2.24) is 9.97 Å². The summed E-state index contributed by atoms with van der Waals surface area (Å²) in [6.07, 6.45) is 3.85. The fourth-order valence-electron chi connectivity index (χ4n) is 1.55. The van der Waals surface area contributed by atoms with Crippen LogP contribution in [0.15, 0.2) is 16.0 Å². The molecule has 4 nitrogen and oxygen atoms in total. The van der Waals surface area contributed by atoms with E-state index in [1.54, 1.807) is 6.07 Å². The van der Waals surface area contributed by atoms with Crippen LogP contribution >= 0.6 is 11.8 Å². The van der Waals surface area contributed by atoms with Gasteiger partial charge < -0.3 is 4.98 Å². The number of aryl methyl sites for hydroxylation is 1. The van der Waals surface area contributed by atoms with Crippen molar-refractivity contribution in [3.63, 3.8) is 0 Å². The predicted molar refractivity (Wildman–Crippen MR) is 74.1 cm³/mol. The number of rotatable bonds is 8. The number of aromatic nitrogens is 2. The number of thioether (sulfide) groups is 1. The van der Waals surface area contributed by atoms with E-state index in [1.165, 1.54) is 11.8 Å². The van der Waals surface area contributed by atoms with E-state index < -0.39 is 0 Å². The number of carbonyl (C=O) groups is 1. The third kappa shape index (κ3) is 5.49. The Balaban J connectivity index is 2.46. The monoisotopic (exact) mass is 268 g/mol. The van der Waals surface area contributed by atoms with Gasteiger partial charge in [0.25, 0.3) is 5.56 Å². The minimum atomic E-state index is -0.0967. The zero-order chi connectivity index (χ0) is 13.4. The molecule has 0 saturated carbocycles. The van der Waals surface area contributed by atoms with Gasteiger partial charge in [0.1, 0.15) is 5.78 Å². The third-order valence-corrected chi connectivity index (χ3v) is 3.47. The summed E-state index contributed by atoms with van der Waals surface area (Å²) in [5, 5.41) is 0.662. The summed E-state index contributed by atoms with van der Waals surface area (Å²) in [4.78, 5) is 29.6. The van der Waals surface area contributed by atoms with E-state index in [0.29, 0.717) is 18.0 Å². The fourth-order valence-corrected chi connectivity index (χ4v) is 2.39. The number of aromatic amines is 1. The van der Waals surface area contributed by atoms with Crippen molar-refractivity contribution in [2.45, 2.75) is 51.1 Å². The lowest BCUT2D eigenvalue weighted by Crippen LogP contribution is -2.10. The van der Waals surface area contributed by atoms with Crippen LogP contribution in [0.25, 0.3) is 0 Å². The number of ketones is 1. The van der Waals surface area contributed by atoms with Crippen LogP contribution in [0.5, 0.6) is 0 Å². The standard InChI is InChI=1S/C13H20N2O2S/c1-3-6-10-9-12(17)15-13(14-10)18-8-5-7-11(16)4-2/h9H,3-8H2,1-2H3,(H,14,15,17). The maximum Gasteiger partial charge on any atom is 0.251 e. The van der Waals surface area contributed by atoms with Crippen molar-refractivity contribution in [3.8, 4) is 0 Å². The molecular weight excluding hydrogens is 248 g/mol. The van der Waals surface area contributed by atoms with Gasteiger partial charge in [-0.15, -0.1) is 0 Å². The van der Waals surface area contributed by atoms with Crippen LogP contribution in [0.4, 0.5) is 0 Å². The molecule has 18 heavy (non-hydrogen) atoms. The summed E-state index contributed by atoms with van der Waals surface area (Å²) in [5.74, 6) is 1.10. The number of Topliss-reactive ketones (excluding diaryl/α,β-unsaturated/α-hetero) is 1. The van der Waals surface area contributed by atoms with E-state index in [2.05, 4.69) is 16.9 Å². The number of H-pyrrole nitrogens is 1. The molecule has 0 aliphatic carbocycles. The smallest absolute Gasteiger partial charge is 0.251 e. The van der Waals surface area contributed by atoms with Gasteiger partial charge in [-0.2, -0.15) is 0 Å². The summed E-state index contributed by atoms with van der Waals surface area (Å²) in [6.45, 7) is 3.94. The molecule has 0 aliphatic heterocycles. The Hall–Kier alpha value is -1.10. The Morgan fingerprint density at radius 1 is 1.44 bits per heavy atom. The molecule has 1 heterocycles. The lowest BCUT2D eigenvalue weighted by atomic mass is 10.2. The van der Waals surface area contributed by atoms with Gasteiger partial charge in [0.2, 0.25) is 0 Å². The number of hydrogen-bond acceptors (Lipinski definition) is 4. The van der Waals surface area contributed by atoms with Gasteiger partial charge in [0, 0.05) is 30.4 Å². The van der Waals surface area contributed by atoms with Crippen LogP contribution in [-0.2, 0) is 11.2 Å². The van der Waals surface area contributed by atoms with Gasteiger partial charge in [0.05, 0.1) is 0 Å². The van der Waals surface area contributed by atoms with Gasteiger partial charge in [-0.1, -0.05) is 32.0 Å². The second-order valence-corrected chi connectivity index (χ2v) is 5.22. The molecule has 0 fully saturated rings.